The maximum absolute atomic E-state index is 5.68. The summed E-state index contributed by atoms with van der Waals surface area (Å²) in [4.78, 5) is 3.95. The van der Waals surface area contributed by atoms with Crippen molar-refractivity contribution in [3.63, 3.8) is 0 Å². The van der Waals surface area contributed by atoms with Gasteiger partial charge in [-0.05, 0) is 19.6 Å². The lowest BCUT2D eigenvalue weighted by Gasteiger charge is -1.97. The van der Waals surface area contributed by atoms with Gasteiger partial charge in [-0.3, -0.25) is 4.99 Å². The van der Waals surface area contributed by atoms with Crippen molar-refractivity contribution in [3.05, 3.63) is 0 Å². The van der Waals surface area contributed by atoms with Crippen LogP contribution in [0.25, 0.3) is 0 Å². The van der Waals surface area contributed by atoms with Crippen LogP contribution in [0, 0.1) is 0 Å². The monoisotopic (exact) mass is 133 g/mol. The molecule has 0 N–H and O–H groups in total. The van der Waals surface area contributed by atoms with Gasteiger partial charge in [0, 0.05) is 0 Å². The van der Waals surface area contributed by atoms with Crippen molar-refractivity contribution in [2.75, 3.05) is 0 Å². The lowest BCUT2D eigenvalue weighted by Crippen LogP contribution is -1.90. The maximum Gasteiger partial charge on any atom is 0.123 e. The van der Waals surface area contributed by atoms with Gasteiger partial charge in [0.15, 0.2) is 0 Å². The first kappa shape index (κ1) is 7.96. The molecule has 0 aliphatic carbocycles. The fourth-order valence-electron chi connectivity index (χ4n) is 0.474. The minimum atomic E-state index is 0.00463. The summed E-state index contributed by atoms with van der Waals surface area (Å²) in [5.74, 6) is 0. The first-order chi connectivity index (χ1) is 3.81. The third-order valence-electron chi connectivity index (χ3n) is 0.838. The van der Waals surface area contributed by atoms with Crippen molar-refractivity contribution in [2.45, 2.75) is 32.2 Å². The minimum absolute atomic E-state index is 0.00463. The number of halogens is 1. The molecule has 0 bridgehead atoms. The molecule has 0 spiro atoms. The molecule has 1 atom stereocenters. The van der Waals surface area contributed by atoms with Crippen LogP contribution in [0.15, 0.2) is 4.99 Å². The molecule has 1 unspecified atom stereocenters. The van der Waals surface area contributed by atoms with E-state index >= 15 is 0 Å². The average molecular weight is 134 g/mol. The molecule has 0 aromatic carbocycles. The number of aliphatic imine (C=N–C) groups is 1. The number of rotatable bonds is 3. The maximum atomic E-state index is 5.68. The molecule has 8 heavy (non-hydrogen) atoms. The summed E-state index contributed by atoms with van der Waals surface area (Å²) in [5.41, 5.74) is 0.00463. The predicted molar refractivity (Wildman–Crippen MR) is 38.7 cm³/mol. The molecule has 0 heterocycles. The highest BCUT2D eigenvalue weighted by atomic mass is 35.5. The van der Waals surface area contributed by atoms with Crippen molar-refractivity contribution in [1.82, 2.24) is 0 Å². The zero-order valence-electron chi connectivity index (χ0n) is 5.39. The predicted octanol–water partition coefficient (Wildman–Crippen LogP) is 2.44. The fraction of sp³-hybridized carbons (Fsp3) is 0.833. The van der Waals surface area contributed by atoms with Crippen LogP contribution < -0.4 is 0 Å². The molecule has 0 fully saturated rings. The van der Waals surface area contributed by atoms with Crippen molar-refractivity contribution in [2.24, 2.45) is 4.99 Å². The van der Waals surface area contributed by atoms with Crippen LogP contribution >= 0.6 is 11.6 Å². The molecule has 1 nitrogen and oxygen atoms in total. The van der Waals surface area contributed by atoms with Gasteiger partial charge in [-0.1, -0.05) is 24.9 Å². The molecule has 48 valence electrons. The molecule has 0 aromatic rings. The molecule has 0 saturated carbocycles. The Morgan fingerprint density at radius 1 is 1.75 bits per heavy atom. The summed E-state index contributed by atoms with van der Waals surface area (Å²) in [7, 11) is 0. The Morgan fingerprint density at radius 3 is 2.75 bits per heavy atom. The Labute approximate surface area is 55.8 Å². The van der Waals surface area contributed by atoms with Gasteiger partial charge in [0.25, 0.3) is 0 Å². The standard InChI is InChI=1S/C6H12ClN/c1-3-5-6(7)8-4-2/h4,6H,3,5H2,1-2H3/b8-4-. The second-order valence-corrected chi connectivity index (χ2v) is 2.13. The summed E-state index contributed by atoms with van der Waals surface area (Å²) >= 11 is 5.68. The Bertz CT molecular complexity index is 70.9. The van der Waals surface area contributed by atoms with Gasteiger partial charge >= 0.3 is 0 Å². The molecular weight excluding hydrogens is 122 g/mol. The quantitative estimate of drug-likeness (QED) is 0.319. The van der Waals surface area contributed by atoms with Gasteiger partial charge in [-0.25, -0.2) is 0 Å². The van der Waals surface area contributed by atoms with Gasteiger partial charge in [-0.2, -0.15) is 0 Å². The summed E-state index contributed by atoms with van der Waals surface area (Å²) in [6.07, 6.45) is 3.82. The molecule has 0 saturated heterocycles. The molecule has 0 radical (unpaired) electrons. The van der Waals surface area contributed by atoms with Gasteiger partial charge in [0.05, 0.1) is 0 Å². The van der Waals surface area contributed by atoms with E-state index in [-0.39, 0.29) is 5.50 Å². The molecule has 0 aliphatic heterocycles. The second-order valence-electron chi connectivity index (χ2n) is 1.63. The summed E-state index contributed by atoms with van der Waals surface area (Å²) in [6, 6.07) is 0. The zero-order chi connectivity index (χ0) is 6.41. The Balaban J connectivity index is 3.17. The van der Waals surface area contributed by atoms with Gasteiger partial charge in [0.1, 0.15) is 5.50 Å². The Hall–Kier alpha value is -0.0400. The van der Waals surface area contributed by atoms with Crippen LogP contribution in [-0.2, 0) is 0 Å². The molecular formula is C6H12ClN. The van der Waals surface area contributed by atoms with Gasteiger partial charge in [0.2, 0.25) is 0 Å². The van der Waals surface area contributed by atoms with Crippen molar-refractivity contribution >= 4 is 17.8 Å². The molecule has 0 rings (SSSR count). The Kier molecular flexibility index (Phi) is 5.08. The third-order valence-corrected chi connectivity index (χ3v) is 1.17. The summed E-state index contributed by atoms with van der Waals surface area (Å²) < 4.78 is 0. The van der Waals surface area contributed by atoms with Gasteiger partial charge in [-0.15, -0.1) is 0 Å². The summed E-state index contributed by atoms with van der Waals surface area (Å²) in [6.45, 7) is 3.98. The third kappa shape index (κ3) is 4.13. The van der Waals surface area contributed by atoms with Crippen molar-refractivity contribution < 1.29 is 0 Å². The zero-order valence-corrected chi connectivity index (χ0v) is 6.15. The van der Waals surface area contributed by atoms with Crippen LogP contribution in [0.2, 0.25) is 0 Å². The van der Waals surface area contributed by atoms with E-state index in [9.17, 15) is 0 Å². The van der Waals surface area contributed by atoms with Gasteiger partial charge < -0.3 is 0 Å². The number of hydrogen-bond acceptors (Lipinski definition) is 1. The van der Waals surface area contributed by atoms with E-state index in [0.717, 1.165) is 12.8 Å². The largest absolute Gasteiger partial charge is 0.278 e. The van der Waals surface area contributed by atoms with E-state index in [1.54, 1.807) is 6.21 Å². The molecule has 2 heteroatoms. The normalized spacial score (nSPS) is 14.9. The topological polar surface area (TPSA) is 12.4 Å². The van der Waals surface area contributed by atoms with E-state index < -0.39 is 0 Å². The number of alkyl halides is 1. The van der Waals surface area contributed by atoms with E-state index in [1.165, 1.54) is 0 Å². The van der Waals surface area contributed by atoms with E-state index in [1.807, 2.05) is 6.92 Å². The second kappa shape index (κ2) is 5.10. The first-order valence-electron chi connectivity index (χ1n) is 2.93. The highest BCUT2D eigenvalue weighted by Crippen LogP contribution is 2.04. The highest BCUT2D eigenvalue weighted by Gasteiger charge is 1.94. The summed E-state index contributed by atoms with van der Waals surface area (Å²) in [5, 5.41) is 0. The van der Waals surface area contributed by atoms with Crippen LogP contribution in [0.4, 0.5) is 0 Å². The Morgan fingerprint density at radius 2 is 2.38 bits per heavy atom. The smallest absolute Gasteiger partial charge is 0.123 e. The first-order valence-corrected chi connectivity index (χ1v) is 3.36. The number of nitrogens with zero attached hydrogens (tertiary/aromatic N) is 1. The fourth-order valence-corrected chi connectivity index (χ4v) is 0.805. The average Bonchev–Trinajstić information content (AvgIpc) is 1.68. The van der Waals surface area contributed by atoms with E-state index in [0.29, 0.717) is 0 Å². The van der Waals surface area contributed by atoms with Crippen molar-refractivity contribution in [3.8, 4) is 0 Å². The van der Waals surface area contributed by atoms with Crippen LogP contribution in [-0.4, -0.2) is 11.7 Å². The highest BCUT2D eigenvalue weighted by molar-refractivity contribution is 6.20. The van der Waals surface area contributed by atoms with Crippen LogP contribution in [0.5, 0.6) is 0 Å². The minimum Gasteiger partial charge on any atom is -0.278 e. The van der Waals surface area contributed by atoms with Crippen molar-refractivity contribution in [1.29, 1.82) is 0 Å². The molecule has 0 amide bonds. The van der Waals surface area contributed by atoms with Crippen LogP contribution in [0.1, 0.15) is 26.7 Å². The number of hydrogen-bond donors (Lipinski definition) is 0. The van der Waals surface area contributed by atoms with E-state index in [4.69, 9.17) is 11.6 Å². The van der Waals surface area contributed by atoms with Crippen LogP contribution in [0.3, 0.4) is 0 Å². The SMILES string of the molecule is C/C=N\C(Cl)CCC. The lowest BCUT2D eigenvalue weighted by atomic mass is 10.3. The molecule has 0 aromatic heterocycles. The van der Waals surface area contributed by atoms with E-state index in [2.05, 4.69) is 11.9 Å². The molecule has 0 aliphatic rings. The lowest BCUT2D eigenvalue weighted by molar-refractivity contribution is 0.760.